The van der Waals surface area contributed by atoms with E-state index in [1.54, 1.807) is 19.4 Å². The molecule has 1 rings (SSSR count). The van der Waals surface area contributed by atoms with Crippen LogP contribution in [0.2, 0.25) is 5.02 Å². The molecule has 6 heteroatoms. The summed E-state index contributed by atoms with van der Waals surface area (Å²) in [6.07, 6.45) is 1.54. The maximum Gasteiger partial charge on any atom is 0.146 e. The first-order valence-corrected chi connectivity index (χ1v) is 5.52. The van der Waals surface area contributed by atoms with Gasteiger partial charge in [-0.2, -0.15) is 5.26 Å². The van der Waals surface area contributed by atoms with E-state index >= 15 is 0 Å². The molecule has 0 radical (unpaired) electrons. The molecule has 1 N–H and O–H groups in total. The minimum absolute atomic E-state index is 0.340. The first kappa shape index (κ1) is 13.7. The second-order valence-corrected chi connectivity index (χ2v) is 3.54. The minimum Gasteiger partial charge on any atom is -0.382 e. The van der Waals surface area contributed by atoms with E-state index in [1.165, 1.54) is 0 Å². The summed E-state index contributed by atoms with van der Waals surface area (Å²) in [7, 11) is 1.62. The van der Waals surface area contributed by atoms with Crippen LogP contribution in [0.5, 0.6) is 0 Å². The van der Waals surface area contributed by atoms with E-state index in [0.29, 0.717) is 42.8 Å². The van der Waals surface area contributed by atoms with E-state index in [9.17, 15) is 0 Å². The third kappa shape index (κ3) is 4.57. The van der Waals surface area contributed by atoms with Crippen LogP contribution in [0, 0.1) is 11.3 Å². The van der Waals surface area contributed by atoms with Crippen LogP contribution in [0.25, 0.3) is 0 Å². The van der Waals surface area contributed by atoms with E-state index in [2.05, 4.69) is 10.3 Å². The predicted octanol–water partition coefficient (Wildman–Crippen LogP) is 1.68. The van der Waals surface area contributed by atoms with E-state index in [1.807, 2.05) is 6.07 Å². The standard InChI is InChI=1S/C11H14ClN3O2/c1-16-6-7-17-5-4-15-11-10(12)9(8-13)2-3-14-11/h2-3H,4-7H2,1H3,(H,14,15). The number of nitrogens with one attached hydrogen (secondary N) is 1. The van der Waals surface area contributed by atoms with Gasteiger partial charge in [0.15, 0.2) is 0 Å². The van der Waals surface area contributed by atoms with Crippen molar-refractivity contribution in [1.29, 1.82) is 5.26 Å². The summed E-state index contributed by atoms with van der Waals surface area (Å²) >= 11 is 5.96. The summed E-state index contributed by atoms with van der Waals surface area (Å²) in [5.74, 6) is 0.501. The number of anilines is 1. The smallest absolute Gasteiger partial charge is 0.146 e. The van der Waals surface area contributed by atoms with Gasteiger partial charge in [-0.3, -0.25) is 0 Å². The lowest BCUT2D eigenvalue weighted by Gasteiger charge is -2.08. The molecule has 0 fully saturated rings. The highest BCUT2D eigenvalue weighted by atomic mass is 35.5. The van der Waals surface area contributed by atoms with Crippen LogP contribution in [-0.2, 0) is 9.47 Å². The largest absolute Gasteiger partial charge is 0.382 e. The molecule has 17 heavy (non-hydrogen) atoms. The first-order valence-electron chi connectivity index (χ1n) is 5.14. The van der Waals surface area contributed by atoms with Gasteiger partial charge in [-0.05, 0) is 6.07 Å². The zero-order valence-corrected chi connectivity index (χ0v) is 10.3. The Balaban J connectivity index is 2.35. The number of methoxy groups -OCH3 is 1. The Morgan fingerprint density at radius 1 is 1.47 bits per heavy atom. The van der Waals surface area contributed by atoms with Crippen molar-refractivity contribution in [2.45, 2.75) is 0 Å². The highest BCUT2D eigenvalue weighted by molar-refractivity contribution is 6.34. The summed E-state index contributed by atoms with van der Waals surface area (Å²) < 4.78 is 10.1. The van der Waals surface area contributed by atoms with Gasteiger partial charge in [0.1, 0.15) is 16.9 Å². The Labute approximate surface area is 105 Å². The zero-order chi connectivity index (χ0) is 12.5. The van der Waals surface area contributed by atoms with Crippen LogP contribution in [0.4, 0.5) is 5.82 Å². The van der Waals surface area contributed by atoms with Crippen LogP contribution >= 0.6 is 11.6 Å². The maximum absolute atomic E-state index is 8.78. The molecule has 1 aromatic heterocycles. The molecule has 0 aromatic carbocycles. The number of nitrogens with zero attached hydrogens (tertiary/aromatic N) is 2. The molecule has 0 bridgehead atoms. The lowest BCUT2D eigenvalue weighted by molar-refractivity contribution is 0.0759. The molecule has 0 aliphatic heterocycles. The van der Waals surface area contributed by atoms with Gasteiger partial charge in [-0.1, -0.05) is 11.6 Å². The molecule has 0 aliphatic rings. The van der Waals surface area contributed by atoms with Crippen molar-refractivity contribution in [2.75, 3.05) is 38.8 Å². The molecule has 0 saturated carbocycles. The maximum atomic E-state index is 8.78. The van der Waals surface area contributed by atoms with Crippen LogP contribution in [-0.4, -0.2) is 38.5 Å². The van der Waals surface area contributed by atoms with Crippen molar-refractivity contribution < 1.29 is 9.47 Å². The van der Waals surface area contributed by atoms with Crippen molar-refractivity contribution in [3.63, 3.8) is 0 Å². The third-order valence-corrected chi connectivity index (χ3v) is 2.36. The monoisotopic (exact) mass is 255 g/mol. The van der Waals surface area contributed by atoms with Crippen LogP contribution in [0.1, 0.15) is 5.56 Å². The van der Waals surface area contributed by atoms with Crippen molar-refractivity contribution in [1.82, 2.24) is 4.98 Å². The number of nitriles is 1. The van der Waals surface area contributed by atoms with Crippen molar-refractivity contribution in [2.24, 2.45) is 0 Å². The molecule has 0 aliphatic carbocycles. The molecule has 0 unspecified atom stereocenters. The van der Waals surface area contributed by atoms with Gasteiger partial charge in [0.25, 0.3) is 0 Å². The molecular formula is C11H14ClN3O2. The molecule has 1 aromatic rings. The number of ether oxygens (including phenoxy) is 2. The summed E-state index contributed by atoms with van der Waals surface area (Å²) in [4.78, 5) is 4.05. The van der Waals surface area contributed by atoms with Crippen LogP contribution in [0.15, 0.2) is 12.3 Å². The van der Waals surface area contributed by atoms with Gasteiger partial charge < -0.3 is 14.8 Å². The molecule has 1 heterocycles. The summed E-state index contributed by atoms with van der Waals surface area (Å²) in [5.41, 5.74) is 0.407. The van der Waals surface area contributed by atoms with Crippen molar-refractivity contribution >= 4 is 17.4 Å². The number of aromatic nitrogens is 1. The second-order valence-electron chi connectivity index (χ2n) is 3.16. The second kappa shape index (κ2) is 7.85. The average molecular weight is 256 g/mol. The zero-order valence-electron chi connectivity index (χ0n) is 9.57. The first-order chi connectivity index (χ1) is 8.29. The van der Waals surface area contributed by atoms with Gasteiger partial charge in [-0.25, -0.2) is 4.98 Å². The summed E-state index contributed by atoms with van der Waals surface area (Å²) in [6, 6.07) is 3.57. The summed E-state index contributed by atoms with van der Waals surface area (Å²) in [5, 5.41) is 12.1. The molecule has 0 atom stereocenters. The molecule has 0 spiro atoms. The lowest BCUT2D eigenvalue weighted by Crippen LogP contribution is -2.13. The normalized spacial score (nSPS) is 9.94. The number of hydrogen-bond acceptors (Lipinski definition) is 5. The fourth-order valence-electron chi connectivity index (χ4n) is 1.14. The van der Waals surface area contributed by atoms with Gasteiger partial charge in [0.05, 0.1) is 25.4 Å². The quantitative estimate of drug-likeness (QED) is 0.751. The molecule has 5 nitrogen and oxygen atoms in total. The Morgan fingerprint density at radius 3 is 3.00 bits per heavy atom. The minimum atomic E-state index is 0.340. The van der Waals surface area contributed by atoms with Crippen LogP contribution < -0.4 is 5.32 Å². The number of pyridine rings is 1. The van der Waals surface area contributed by atoms with E-state index < -0.39 is 0 Å². The highest BCUT2D eigenvalue weighted by Crippen LogP contribution is 2.22. The molecule has 0 saturated heterocycles. The number of rotatable bonds is 7. The Bertz CT molecular complexity index is 393. The Morgan fingerprint density at radius 2 is 2.29 bits per heavy atom. The van der Waals surface area contributed by atoms with Gasteiger partial charge in [-0.15, -0.1) is 0 Å². The van der Waals surface area contributed by atoms with Crippen molar-refractivity contribution in [3.8, 4) is 6.07 Å². The van der Waals surface area contributed by atoms with Gasteiger partial charge in [0, 0.05) is 19.9 Å². The average Bonchev–Trinajstić information content (AvgIpc) is 2.35. The van der Waals surface area contributed by atoms with Crippen molar-refractivity contribution in [3.05, 3.63) is 22.8 Å². The summed E-state index contributed by atoms with van der Waals surface area (Å²) in [6.45, 7) is 2.23. The predicted molar refractivity (Wildman–Crippen MR) is 65.1 cm³/mol. The van der Waals surface area contributed by atoms with E-state index in [4.69, 9.17) is 26.3 Å². The van der Waals surface area contributed by atoms with E-state index in [0.717, 1.165) is 0 Å². The highest BCUT2D eigenvalue weighted by Gasteiger charge is 2.05. The molecule has 92 valence electrons. The molecular weight excluding hydrogens is 242 g/mol. The topological polar surface area (TPSA) is 67.2 Å². The van der Waals surface area contributed by atoms with Crippen LogP contribution in [0.3, 0.4) is 0 Å². The fourth-order valence-corrected chi connectivity index (χ4v) is 1.36. The number of halogens is 1. The fraction of sp³-hybridized carbons (Fsp3) is 0.455. The Hall–Kier alpha value is -1.35. The van der Waals surface area contributed by atoms with Gasteiger partial charge >= 0.3 is 0 Å². The number of hydrogen-bond donors (Lipinski definition) is 1. The molecule has 0 amide bonds. The third-order valence-electron chi connectivity index (χ3n) is 1.98. The lowest BCUT2D eigenvalue weighted by atomic mass is 10.3. The Kier molecular flexibility index (Phi) is 6.33. The van der Waals surface area contributed by atoms with Gasteiger partial charge in [0.2, 0.25) is 0 Å². The van der Waals surface area contributed by atoms with E-state index in [-0.39, 0.29) is 0 Å². The SMILES string of the molecule is COCCOCCNc1nccc(C#N)c1Cl.